The molecule has 0 spiro atoms. The van der Waals surface area contributed by atoms with Crippen molar-refractivity contribution in [3.63, 3.8) is 0 Å². The van der Waals surface area contributed by atoms with Crippen molar-refractivity contribution < 1.29 is 27.5 Å². The summed E-state index contributed by atoms with van der Waals surface area (Å²) in [5.74, 6) is -0.190. The fourth-order valence-electron chi connectivity index (χ4n) is 3.73. The van der Waals surface area contributed by atoms with E-state index in [1.807, 2.05) is 54.6 Å². The number of ether oxygens (including phenoxy) is 1. The van der Waals surface area contributed by atoms with Gasteiger partial charge in [-0.1, -0.05) is 78.6 Å². The van der Waals surface area contributed by atoms with Gasteiger partial charge >= 0.3 is 6.18 Å². The zero-order valence-corrected chi connectivity index (χ0v) is 21.7. The number of rotatable bonds is 9. The molecule has 1 aliphatic heterocycles. The van der Waals surface area contributed by atoms with Crippen LogP contribution in [0.25, 0.3) is 6.08 Å². The predicted octanol–water partition coefficient (Wildman–Crippen LogP) is 6.90. The first-order valence-electron chi connectivity index (χ1n) is 11.7. The standard InChI is InChI=1S/C28H23F3N2O3S2/c29-28(30,31)22-12-4-5-13-23(22)32-25(34)14-7-15-33-26(35)24(38-27(33)37)17-20-10-6-11-21(16-20)36-18-19-8-2-1-3-9-19/h1-6,8-13,16-17H,7,14-15,18H2,(H,32,34)/b24-17-. The second-order valence-corrected chi connectivity index (χ2v) is 10.1. The topological polar surface area (TPSA) is 58.6 Å². The molecule has 0 radical (unpaired) electrons. The van der Waals surface area contributed by atoms with E-state index in [0.29, 0.717) is 21.6 Å². The summed E-state index contributed by atoms with van der Waals surface area (Å²) in [4.78, 5) is 27.0. The third-order valence-electron chi connectivity index (χ3n) is 5.57. The second-order valence-electron chi connectivity index (χ2n) is 8.38. The van der Waals surface area contributed by atoms with E-state index < -0.39 is 17.6 Å². The Bertz CT molecular complexity index is 1360. The molecule has 0 saturated carbocycles. The van der Waals surface area contributed by atoms with Crippen LogP contribution >= 0.6 is 24.0 Å². The lowest BCUT2D eigenvalue weighted by molar-refractivity contribution is -0.137. The van der Waals surface area contributed by atoms with E-state index in [0.717, 1.165) is 29.0 Å². The molecule has 196 valence electrons. The molecule has 0 atom stereocenters. The number of thioether (sulfide) groups is 1. The highest BCUT2D eigenvalue weighted by Gasteiger charge is 2.34. The first kappa shape index (κ1) is 27.4. The van der Waals surface area contributed by atoms with Gasteiger partial charge in [-0.05, 0) is 47.9 Å². The van der Waals surface area contributed by atoms with Gasteiger partial charge in [0.15, 0.2) is 0 Å². The molecule has 0 aliphatic carbocycles. The Kier molecular flexibility index (Phi) is 8.85. The number of halogens is 3. The van der Waals surface area contributed by atoms with E-state index >= 15 is 0 Å². The number of para-hydroxylation sites is 1. The van der Waals surface area contributed by atoms with E-state index in [1.54, 1.807) is 6.08 Å². The van der Waals surface area contributed by atoms with Crippen LogP contribution in [0.5, 0.6) is 5.75 Å². The molecular formula is C28H23F3N2O3S2. The first-order valence-corrected chi connectivity index (χ1v) is 12.9. The fourth-order valence-corrected chi connectivity index (χ4v) is 5.04. The van der Waals surface area contributed by atoms with Crippen LogP contribution in [-0.2, 0) is 22.4 Å². The average molecular weight is 557 g/mol. The third kappa shape index (κ3) is 7.23. The summed E-state index contributed by atoms with van der Waals surface area (Å²) in [7, 11) is 0. The molecule has 1 aliphatic rings. The zero-order valence-electron chi connectivity index (χ0n) is 20.0. The smallest absolute Gasteiger partial charge is 0.418 e. The van der Waals surface area contributed by atoms with Crippen LogP contribution in [0.4, 0.5) is 18.9 Å². The summed E-state index contributed by atoms with van der Waals surface area (Å²) in [6.45, 7) is 0.596. The maximum absolute atomic E-state index is 13.1. The molecule has 3 aromatic carbocycles. The minimum absolute atomic E-state index is 0.0664. The highest BCUT2D eigenvalue weighted by atomic mass is 32.2. The summed E-state index contributed by atoms with van der Waals surface area (Å²) in [5.41, 5.74) is 0.606. The van der Waals surface area contributed by atoms with Crippen molar-refractivity contribution in [1.29, 1.82) is 0 Å². The number of hydrogen-bond donors (Lipinski definition) is 1. The van der Waals surface area contributed by atoms with Crippen LogP contribution in [0.15, 0.2) is 83.8 Å². The molecule has 3 aromatic rings. The molecule has 1 saturated heterocycles. The summed E-state index contributed by atoms with van der Waals surface area (Å²) in [6.07, 6.45) is -2.67. The number of nitrogens with zero attached hydrogens (tertiary/aromatic N) is 1. The largest absolute Gasteiger partial charge is 0.489 e. The van der Waals surface area contributed by atoms with E-state index in [9.17, 15) is 22.8 Å². The summed E-state index contributed by atoms with van der Waals surface area (Å²) < 4.78 is 45.6. The van der Waals surface area contributed by atoms with Crippen molar-refractivity contribution >= 4 is 51.9 Å². The van der Waals surface area contributed by atoms with Crippen LogP contribution < -0.4 is 10.1 Å². The highest BCUT2D eigenvalue weighted by Crippen LogP contribution is 2.35. The SMILES string of the molecule is O=C(CCCN1C(=O)/C(=C/c2cccc(OCc3ccccc3)c2)SC1=S)Nc1ccccc1C(F)(F)F. The Labute approximate surface area is 227 Å². The van der Waals surface area contributed by atoms with Crippen molar-refractivity contribution in [2.75, 3.05) is 11.9 Å². The molecule has 38 heavy (non-hydrogen) atoms. The number of amides is 2. The quantitative estimate of drug-likeness (QED) is 0.229. The van der Waals surface area contributed by atoms with Gasteiger partial charge in [-0.15, -0.1) is 0 Å². The van der Waals surface area contributed by atoms with Gasteiger partial charge in [0.05, 0.1) is 16.2 Å². The molecule has 0 unspecified atom stereocenters. The van der Waals surface area contributed by atoms with Gasteiger partial charge in [-0.2, -0.15) is 13.2 Å². The second kappa shape index (κ2) is 12.3. The Morgan fingerprint density at radius 2 is 1.76 bits per heavy atom. The van der Waals surface area contributed by atoms with Gasteiger partial charge in [0.1, 0.15) is 16.7 Å². The fraction of sp³-hybridized carbons (Fsp3) is 0.179. The lowest BCUT2D eigenvalue weighted by Gasteiger charge is -2.15. The highest BCUT2D eigenvalue weighted by molar-refractivity contribution is 8.26. The molecule has 1 fully saturated rings. The summed E-state index contributed by atoms with van der Waals surface area (Å²) >= 11 is 6.51. The van der Waals surface area contributed by atoms with Gasteiger partial charge in [0.2, 0.25) is 5.91 Å². The Morgan fingerprint density at radius 1 is 1.03 bits per heavy atom. The van der Waals surface area contributed by atoms with Gasteiger partial charge in [-0.3, -0.25) is 14.5 Å². The molecule has 0 bridgehead atoms. The number of hydrogen-bond acceptors (Lipinski definition) is 5. The lowest BCUT2D eigenvalue weighted by atomic mass is 10.1. The number of nitrogens with one attached hydrogen (secondary N) is 1. The zero-order chi connectivity index (χ0) is 27.1. The molecular weight excluding hydrogens is 533 g/mol. The molecule has 10 heteroatoms. The minimum atomic E-state index is -4.58. The lowest BCUT2D eigenvalue weighted by Crippen LogP contribution is -2.29. The number of carbonyl (C=O) groups excluding carboxylic acids is 2. The maximum Gasteiger partial charge on any atom is 0.418 e. The molecule has 4 rings (SSSR count). The summed E-state index contributed by atoms with van der Waals surface area (Å²) in [6, 6.07) is 21.9. The van der Waals surface area contributed by atoms with Crippen molar-refractivity contribution in [3.8, 4) is 5.75 Å². The predicted molar refractivity (Wildman–Crippen MR) is 146 cm³/mol. The average Bonchev–Trinajstić information content (AvgIpc) is 3.15. The number of anilines is 1. The Hall–Kier alpha value is -3.63. The molecule has 0 aromatic heterocycles. The van der Waals surface area contributed by atoms with E-state index in [4.69, 9.17) is 17.0 Å². The van der Waals surface area contributed by atoms with E-state index in [2.05, 4.69) is 5.32 Å². The van der Waals surface area contributed by atoms with Gasteiger partial charge in [0, 0.05) is 13.0 Å². The van der Waals surface area contributed by atoms with Crippen molar-refractivity contribution in [2.24, 2.45) is 0 Å². The number of benzene rings is 3. The Morgan fingerprint density at radius 3 is 2.53 bits per heavy atom. The molecule has 1 N–H and O–H groups in total. The number of alkyl halides is 3. The first-order chi connectivity index (χ1) is 18.2. The minimum Gasteiger partial charge on any atom is -0.489 e. The van der Waals surface area contributed by atoms with Crippen LogP contribution in [-0.4, -0.2) is 27.6 Å². The van der Waals surface area contributed by atoms with Crippen molar-refractivity contribution in [3.05, 3.63) is 100 Å². The van der Waals surface area contributed by atoms with Gasteiger partial charge < -0.3 is 10.1 Å². The normalized spacial score (nSPS) is 14.7. The van der Waals surface area contributed by atoms with E-state index in [1.165, 1.54) is 23.1 Å². The van der Waals surface area contributed by atoms with Crippen LogP contribution in [0, 0.1) is 0 Å². The van der Waals surface area contributed by atoms with Gasteiger partial charge in [0.25, 0.3) is 5.91 Å². The third-order valence-corrected chi connectivity index (χ3v) is 6.95. The number of thiocarbonyl (C=S) groups is 1. The summed E-state index contributed by atoms with van der Waals surface area (Å²) in [5, 5.41) is 2.31. The van der Waals surface area contributed by atoms with Crippen LogP contribution in [0.3, 0.4) is 0 Å². The van der Waals surface area contributed by atoms with Gasteiger partial charge in [-0.25, -0.2) is 0 Å². The van der Waals surface area contributed by atoms with Crippen molar-refractivity contribution in [2.45, 2.75) is 25.6 Å². The van der Waals surface area contributed by atoms with E-state index in [-0.39, 0.29) is 31.0 Å². The maximum atomic E-state index is 13.1. The van der Waals surface area contributed by atoms with Crippen LogP contribution in [0.2, 0.25) is 0 Å². The Balaban J connectivity index is 1.31. The molecule has 5 nitrogen and oxygen atoms in total. The molecule has 1 heterocycles. The monoisotopic (exact) mass is 556 g/mol. The van der Waals surface area contributed by atoms with Crippen LogP contribution in [0.1, 0.15) is 29.5 Å². The van der Waals surface area contributed by atoms with Crippen molar-refractivity contribution in [1.82, 2.24) is 4.90 Å². The molecule has 2 amide bonds. The number of carbonyl (C=O) groups is 2.